The third kappa shape index (κ3) is 3.15. The van der Waals surface area contributed by atoms with E-state index in [1.54, 1.807) is 0 Å². The summed E-state index contributed by atoms with van der Waals surface area (Å²) in [6, 6.07) is 10.6. The van der Waals surface area contributed by atoms with Gasteiger partial charge in [-0.2, -0.15) is 5.21 Å². The lowest BCUT2D eigenvalue weighted by Gasteiger charge is -2.35. The molecule has 1 N–H and O–H groups in total. The van der Waals surface area contributed by atoms with Crippen LogP contribution in [0.3, 0.4) is 0 Å². The minimum absolute atomic E-state index is 0.238. The number of aromatic amines is 1. The highest BCUT2D eigenvalue weighted by atomic mass is 16.5. The Morgan fingerprint density at radius 1 is 1.03 bits per heavy atom. The second kappa shape index (κ2) is 6.73. The van der Waals surface area contributed by atoms with Crippen molar-refractivity contribution in [3.8, 4) is 22.5 Å². The van der Waals surface area contributed by atoms with E-state index >= 15 is 0 Å². The number of fused-ring (bicyclic) bond motifs is 1. The molecule has 6 heteroatoms. The van der Waals surface area contributed by atoms with Gasteiger partial charge in [-0.15, -0.1) is 10.2 Å². The van der Waals surface area contributed by atoms with Crippen LogP contribution in [-0.4, -0.2) is 32.2 Å². The number of ether oxygens (including phenoxy) is 1. The first-order chi connectivity index (χ1) is 14.0. The largest absolute Gasteiger partial charge is 0.369 e. The van der Waals surface area contributed by atoms with Crippen molar-refractivity contribution >= 4 is 0 Å². The van der Waals surface area contributed by atoms with E-state index in [9.17, 15) is 0 Å². The Morgan fingerprint density at radius 3 is 2.55 bits per heavy atom. The number of tetrazole rings is 1. The first kappa shape index (κ1) is 18.4. The van der Waals surface area contributed by atoms with Gasteiger partial charge in [0.1, 0.15) is 5.60 Å². The Kier molecular flexibility index (Phi) is 4.28. The summed E-state index contributed by atoms with van der Waals surface area (Å²) in [4.78, 5) is 5.23. The number of H-pyrrole nitrogens is 1. The third-order valence-corrected chi connectivity index (χ3v) is 6.43. The van der Waals surface area contributed by atoms with E-state index in [0.29, 0.717) is 5.82 Å². The normalized spacial score (nSPS) is 23.1. The highest BCUT2D eigenvalue weighted by molar-refractivity contribution is 5.85. The molecule has 1 aliphatic carbocycles. The smallest absolute Gasteiger partial charge is 0.207 e. The molecule has 1 aliphatic heterocycles. The van der Waals surface area contributed by atoms with Gasteiger partial charge in [0.25, 0.3) is 0 Å². The topological polar surface area (TPSA) is 76.6 Å². The van der Waals surface area contributed by atoms with E-state index < -0.39 is 5.60 Å². The van der Waals surface area contributed by atoms with Gasteiger partial charge in [-0.05, 0) is 66.3 Å². The lowest BCUT2D eigenvalue weighted by atomic mass is 9.72. The molecule has 2 aliphatic rings. The molecule has 3 aromatic rings. The molecule has 1 atom stereocenters. The molecule has 0 radical (unpaired) electrons. The Balaban J connectivity index is 1.87. The zero-order chi connectivity index (χ0) is 20.1. The Hall–Kier alpha value is -2.60. The fourth-order valence-electron chi connectivity index (χ4n) is 4.85. The van der Waals surface area contributed by atoms with E-state index in [1.165, 1.54) is 22.4 Å². The number of aromatic nitrogens is 5. The van der Waals surface area contributed by atoms with Crippen LogP contribution in [0.15, 0.2) is 30.3 Å². The summed E-state index contributed by atoms with van der Waals surface area (Å²) in [5.41, 5.74) is 6.60. The summed E-state index contributed by atoms with van der Waals surface area (Å²) < 4.78 is 6.24. The summed E-state index contributed by atoms with van der Waals surface area (Å²) in [5.74, 6) is 0.592. The molecule has 1 fully saturated rings. The maximum absolute atomic E-state index is 6.24. The van der Waals surface area contributed by atoms with Gasteiger partial charge in [-0.1, -0.05) is 44.2 Å². The first-order valence-electron chi connectivity index (χ1n) is 10.5. The molecule has 0 bridgehead atoms. The van der Waals surface area contributed by atoms with Gasteiger partial charge in [0.05, 0.1) is 11.3 Å². The SMILES string of the molecule is CC1(C)CCc2nc(C3(C)CCCO3)c(-c3nn[nH]n3)c(-c3ccccc3)c2C1. The van der Waals surface area contributed by atoms with Crippen molar-refractivity contribution in [2.75, 3.05) is 6.61 Å². The fraction of sp³-hybridized carbons (Fsp3) is 0.478. The molecule has 6 nitrogen and oxygen atoms in total. The summed E-state index contributed by atoms with van der Waals surface area (Å²) in [5, 5.41) is 15.3. The number of nitrogens with one attached hydrogen (secondary N) is 1. The number of hydrogen-bond donors (Lipinski definition) is 1. The van der Waals surface area contributed by atoms with Crippen molar-refractivity contribution in [2.24, 2.45) is 5.41 Å². The van der Waals surface area contributed by atoms with Gasteiger partial charge >= 0.3 is 0 Å². The minimum Gasteiger partial charge on any atom is -0.369 e. The van der Waals surface area contributed by atoms with Crippen molar-refractivity contribution in [3.05, 3.63) is 47.3 Å². The summed E-state index contributed by atoms with van der Waals surface area (Å²) in [6.07, 6.45) is 5.10. The summed E-state index contributed by atoms with van der Waals surface area (Å²) >= 11 is 0. The van der Waals surface area contributed by atoms with Gasteiger partial charge in [0, 0.05) is 12.3 Å². The van der Waals surface area contributed by atoms with Crippen molar-refractivity contribution in [1.82, 2.24) is 25.6 Å². The molecule has 0 spiro atoms. The van der Waals surface area contributed by atoms with Crippen molar-refractivity contribution in [2.45, 2.75) is 58.5 Å². The first-order valence-corrected chi connectivity index (χ1v) is 10.5. The third-order valence-electron chi connectivity index (χ3n) is 6.43. The molecule has 150 valence electrons. The molecule has 2 aromatic heterocycles. The Morgan fingerprint density at radius 2 is 1.86 bits per heavy atom. The highest BCUT2D eigenvalue weighted by Gasteiger charge is 2.40. The van der Waals surface area contributed by atoms with Crippen LogP contribution in [0.5, 0.6) is 0 Å². The van der Waals surface area contributed by atoms with Crippen molar-refractivity contribution in [1.29, 1.82) is 0 Å². The van der Waals surface area contributed by atoms with Gasteiger partial charge in [0.2, 0.25) is 5.82 Å². The maximum atomic E-state index is 6.24. The molecule has 1 unspecified atom stereocenters. The van der Waals surface area contributed by atoms with Crippen LogP contribution in [0.1, 0.15) is 57.0 Å². The van der Waals surface area contributed by atoms with Crippen LogP contribution in [-0.2, 0) is 23.2 Å². The molecule has 3 heterocycles. The van der Waals surface area contributed by atoms with Crippen molar-refractivity contribution in [3.63, 3.8) is 0 Å². The Bertz CT molecular complexity index is 1020. The number of nitrogens with zero attached hydrogens (tertiary/aromatic N) is 4. The molecular weight excluding hydrogens is 362 g/mol. The predicted molar refractivity (Wildman–Crippen MR) is 111 cm³/mol. The molecule has 0 saturated carbocycles. The Labute approximate surface area is 171 Å². The number of benzene rings is 1. The summed E-state index contributed by atoms with van der Waals surface area (Å²) in [6.45, 7) is 7.59. The molecule has 29 heavy (non-hydrogen) atoms. The number of hydrogen-bond acceptors (Lipinski definition) is 5. The van der Waals surface area contributed by atoms with Gasteiger partial charge < -0.3 is 4.74 Å². The van der Waals surface area contributed by atoms with Gasteiger partial charge in [-0.25, -0.2) is 0 Å². The standard InChI is InChI=1S/C23H27N5O/c1-22(2)12-10-17-16(14-22)18(15-8-5-4-6-9-15)19(21-25-27-28-26-21)20(24-17)23(3)11-7-13-29-23/h4-6,8-9H,7,10-14H2,1-3H3,(H,25,26,27,28). The molecule has 0 amide bonds. The average Bonchev–Trinajstić information content (AvgIpc) is 3.39. The van der Waals surface area contributed by atoms with E-state index in [0.717, 1.165) is 50.0 Å². The fourth-order valence-corrected chi connectivity index (χ4v) is 4.85. The molecule has 1 saturated heterocycles. The lowest BCUT2D eigenvalue weighted by Crippen LogP contribution is -2.29. The second-order valence-electron chi connectivity index (χ2n) is 9.26. The van der Waals surface area contributed by atoms with Crippen LogP contribution in [0.4, 0.5) is 0 Å². The average molecular weight is 390 g/mol. The molecule has 1 aromatic carbocycles. The quantitative estimate of drug-likeness (QED) is 0.715. The molecule has 5 rings (SSSR count). The zero-order valence-corrected chi connectivity index (χ0v) is 17.3. The van der Waals surface area contributed by atoms with Crippen LogP contribution < -0.4 is 0 Å². The number of pyridine rings is 1. The van der Waals surface area contributed by atoms with Gasteiger partial charge in [0.15, 0.2) is 0 Å². The van der Waals surface area contributed by atoms with E-state index in [2.05, 4.69) is 71.7 Å². The summed E-state index contributed by atoms with van der Waals surface area (Å²) in [7, 11) is 0. The van der Waals surface area contributed by atoms with E-state index in [-0.39, 0.29) is 5.41 Å². The second-order valence-corrected chi connectivity index (χ2v) is 9.26. The van der Waals surface area contributed by atoms with Crippen LogP contribution in [0.25, 0.3) is 22.5 Å². The van der Waals surface area contributed by atoms with Crippen LogP contribution >= 0.6 is 0 Å². The minimum atomic E-state index is -0.429. The lowest BCUT2D eigenvalue weighted by molar-refractivity contribution is 0.0135. The predicted octanol–water partition coefficient (Wildman–Crippen LogP) is 4.47. The van der Waals surface area contributed by atoms with Crippen molar-refractivity contribution < 1.29 is 4.74 Å². The number of rotatable bonds is 3. The van der Waals surface area contributed by atoms with E-state index in [1.807, 2.05) is 0 Å². The maximum Gasteiger partial charge on any atom is 0.207 e. The number of aryl methyl sites for hydroxylation is 1. The van der Waals surface area contributed by atoms with Gasteiger partial charge in [-0.3, -0.25) is 4.98 Å². The van der Waals surface area contributed by atoms with Crippen LogP contribution in [0, 0.1) is 5.41 Å². The molecular formula is C23H27N5O. The monoisotopic (exact) mass is 389 g/mol. The van der Waals surface area contributed by atoms with E-state index in [4.69, 9.17) is 9.72 Å². The van der Waals surface area contributed by atoms with Crippen LogP contribution in [0.2, 0.25) is 0 Å². The zero-order valence-electron chi connectivity index (χ0n) is 17.3. The highest BCUT2D eigenvalue weighted by Crippen LogP contribution is 2.48.